The van der Waals surface area contributed by atoms with Gasteiger partial charge in [0.05, 0.1) is 16.9 Å². The number of hydrogen-bond acceptors (Lipinski definition) is 6. The van der Waals surface area contributed by atoms with E-state index < -0.39 is 47.4 Å². The minimum Gasteiger partial charge on any atom is -0.403 e. The first kappa shape index (κ1) is 25.9. The number of halogens is 4. The second-order valence-electron chi connectivity index (χ2n) is 8.52. The smallest absolute Gasteiger partial charge is 0.403 e. The predicted molar refractivity (Wildman–Crippen MR) is 122 cm³/mol. The molecule has 0 aliphatic carbocycles. The van der Waals surface area contributed by atoms with Crippen LogP contribution >= 0.6 is 0 Å². The Morgan fingerprint density at radius 2 is 1.97 bits per heavy atom. The fraction of sp³-hybridized carbons (Fsp3) is 0.348. The van der Waals surface area contributed by atoms with Crippen molar-refractivity contribution in [2.24, 2.45) is 5.73 Å². The third-order valence-corrected chi connectivity index (χ3v) is 5.87. The van der Waals surface area contributed by atoms with Crippen LogP contribution in [0.25, 0.3) is 10.9 Å². The highest BCUT2D eigenvalue weighted by Crippen LogP contribution is 2.30. The van der Waals surface area contributed by atoms with Gasteiger partial charge in [-0.05, 0) is 44.9 Å². The Hall–Kier alpha value is -4.23. The van der Waals surface area contributed by atoms with Crippen molar-refractivity contribution >= 4 is 34.3 Å². The molecule has 1 aromatic carbocycles. The maximum Gasteiger partial charge on any atom is 0.573 e. The van der Waals surface area contributed by atoms with Crippen LogP contribution in [0.15, 0.2) is 24.3 Å². The SMILES string of the molecule is Cc1cc2c(C(N)=O)nn(CC(=O)N3CCC[C@H]3C(=O)Nc3cccc(OC(F)(F)F)c3F)c2c(C)n1. The summed E-state index contributed by atoms with van der Waals surface area (Å²) < 4.78 is 57.0. The zero-order valence-electron chi connectivity index (χ0n) is 19.7. The number of aryl methyl sites for hydroxylation is 2. The van der Waals surface area contributed by atoms with Crippen LogP contribution in [-0.4, -0.2) is 56.3 Å². The van der Waals surface area contributed by atoms with Crippen LogP contribution < -0.4 is 15.8 Å². The number of pyridine rings is 1. The quantitative estimate of drug-likeness (QED) is 0.479. The zero-order valence-corrected chi connectivity index (χ0v) is 19.7. The first-order chi connectivity index (χ1) is 17.4. The summed E-state index contributed by atoms with van der Waals surface area (Å²) in [6.07, 6.45) is -4.39. The number of nitrogens with one attached hydrogen (secondary N) is 1. The summed E-state index contributed by atoms with van der Waals surface area (Å²) in [5.74, 6) is -4.56. The number of fused-ring (bicyclic) bond motifs is 1. The molecule has 37 heavy (non-hydrogen) atoms. The highest BCUT2D eigenvalue weighted by Gasteiger charge is 2.36. The second-order valence-corrected chi connectivity index (χ2v) is 8.52. The van der Waals surface area contributed by atoms with E-state index >= 15 is 0 Å². The average molecular weight is 522 g/mol. The van der Waals surface area contributed by atoms with Crippen LogP contribution in [-0.2, 0) is 16.1 Å². The molecule has 0 spiro atoms. The molecule has 3 N–H and O–H groups in total. The van der Waals surface area contributed by atoms with Crippen molar-refractivity contribution in [1.29, 1.82) is 0 Å². The largest absolute Gasteiger partial charge is 0.573 e. The van der Waals surface area contributed by atoms with Gasteiger partial charge < -0.3 is 20.7 Å². The van der Waals surface area contributed by atoms with Gasteiger partial charge in [0.15, 0.2) is 17.3 Å². The maximum absolute atomic E-state index is 14.5. The van der Waals surface area contributed by atoms with Crippen LogP contribution in [0.2, 0.25) is 0 Å². The van der Waals surface area contributed by atoms with E-state index in [1.54, 1.807) is 19.9 Å². The lowest BCUT2D eigenvalue weighted by molar-refractivity contribution is -0.275. The van der Waals surface area contributed by atoms with E-state index in [1.165, 1.54) is 9.58 Å². The summed E-state index contributed by atoms with van der Waals surface area (Å²) in [6.45, 7) is 3.32. The van der Waals surface area contributed by atoms with Crippen molar-refractivity contribution in [2.45, 2.75) is 45.6 Å². The molecular weight excluding hydrogens is 500 g/mol. The predicted octanol–water partition coefficient (Wildman–Crippen LogP) is 2.81. The summed E-state index contributed by atoms with van der Waals surface area (Å²) in [6, 6.07) is 3.58. The van der Waals surface area contributed by atoms with Crippen LogP contribution in [0.5, 0.6) is 5.75 Å². The molecule has 2 aromatic heterocycles. The number of nitrogens with two attached hydrogens (primary N) is 1. The number of aromatic nitrogens is 3. The molecule has 1 fully saturated rings. The number of amides is 3. The number of likely N-dealkylation sites (tertiary alicyclic amines) is 1. The van der Waals surface area contributed by atoms with Gasteiger partial charge in [-0.3, -0.25) is 24.0 Å². The molecule has 0 radical (unpaired) electrons. The number of nitrogens with zero attached hydrogens (tertiary/aromatic N) is 4. The zero-order chi connectivity index (χ0) is 27.1. The Labute approximate surface area is 207 Å². The summed E-state index contributed by atoms with van der Waals surface area (Å²) in [5.41, 5.74) is 6.50. The summed E-state index contributed by atoms with van der Waals surface area (Å²) in [5, 5.41) is 6.87. The number of ether oxygens (including phenoxy) is 1. The van der Waals surface area contributed by atoms with Gasteiger partial charge in [0.1, 0.15) is 12.6 Å². The van der Waals surface area contributed by atoms with Crippen LogP contribution in [0.4, 0.5) is 23.2 Å². The molecule has 4 rings (SSSR count). The van der Waals surface area contributed by atoms with Crippen molar-refractivity contribution in [3.05, 3.63) is 47.2 Å². The van der Waals surface area contributed by atoms with Crippen molar-refractivity contribution < 1.29 is 36.7 Å². The number of primary amides is 1. The van der Waals surface area contributed by atoms with Gasteiger partial charge in [0, 0.05) is 17.6 Å². The highest BCUT2D eigenvalue weighted by atomic mass is 19.4. The number of rotatable bonds is 6. The van der Waals surface area contributed by atoms with E-state index in [0.29, 0.717) is 28.7 Å². The van der Waals surface area contributed by atoms with Crippen LogP contribution in [0.1, 0.15) is 34.7 Å². The maximum atomic E-state index is 14.5. The Morgan fingerprint density at radius 1 is 1.24 bits per heavy atom. The van der Waals surface area contributed by atoms with E-state index in [1.807, 2.05) is 0 Å². The van der Waals surface area contributed by atoms with Crippen LogP contribution in [0.3, 0.4) is 0 Å². The lowest BCUT2D eigenvalue weighted by Crippen LogP contribution is -2.44. The van der Waals surface area contributed by atoms with Gasteiger partial charge in [-0.1, -0.05) is 6.07 Å². The molecule has 14 heteroatoms. The van der Waals surface area contributed by atoms with Gasteiger partial charge in [-0.25, -0.2) is 4.39 Å². The van der Waals surface area contributed by atoms with Gasteiger partial charge in [0.2, 0.25) is 11.8 Å². The molecule has 3 heterocycles. The lowest BCUT2D eigenvalue weighted by atomic mass is 10.1. The van der Waals surface area contributed by atoms with Crippen LogP contribution in [0, 0.1) is 19.7 Å². The molecule has 0 unspecified atom stereocenters. The van der Waals surface area contributed by atoms with Crippen molar-refractivity contribution in [2.75, 3.05) is 11.9 Å². The number of hydrogen-bond donors (Lipinski definition) is 2. The molecule has 3 aromatic rings. The Morgan fingerprint density at radius 3 is 2.65 bits per heavy atom. The third-order valence-electron chi connectivity index (χ3n) is 5.87. The number of carbonyl (C=O) groups is 3. The lowest BCUT2D eigenvalue weighted by Gasteiger charge is -2.24. The minimum absolute atomic E-state index is 0.0245. The Bertz CT molecular complexity index is 1400. The molecule has 0 bridgehead atoms. The second kappa shape index (κ2) is 9.67. The number of carbonyl (C=O) groups excluding carboxylic acids is 3. The standard InChI is InChI=1S/C23H22F4N6O4/c1-11-9-13-19(21(28)35)31-33(20(13)12(2)29-11)10-17(34)32-8-4-6-15(32)22(36)30-14-5-3-7-16(18(14)24)37-23(25,26)27/h3,5,7,9,15H,4,6,8,10H2,1-2H3,(H2,28,35)(H,30,36)/t15-/m0/s1. The van der Waals surface area contributed by atoms with E-state index in [0.717, 1.165) is 18.2 Å². The normalized spacial score (nSPS) is 15.7. The monoisotopic (exact) mass is 522 g/mol. The van der Waals surface area contributed by atoms with Crippen molar-refractivity contribution in [3.63, 3.8) is 0 Å². The fourth-order valence-corrected chi connectivity index (χ4v) is 4.43. The third kappa shape index (κ3) is 5.32. The van der Waals surface area contributed by atoms with E-state index in [4.69, 9.17) is 5.73 Å². The molecule has 1 atom stereocenters. The van der Waals surface area contributed by atoms with Gasteiger partial charge in [-0.15, -0.1) is 13.2 Å². The van der Waals surface area contributed by atoms with Gasteiger partial charge in [-0.2, -0.15) is 5.10 Å². The van der Waals surface area contributed by atoms with Gasteiger partial charge >= 0.3 is 6.36 Å². The molecule has 1 aliphatic rings. The first-order valence-corrected chi connectivity index (χ1v) is 11.1. The fourth-order valence-electron chi connectivity index (χ4n) is 4.43. The van der Waals surface area contributed by atoms with Crippen molar-refractivity contribution in [1.82, 2.24) is 19.7 Å². The average Bonchev–Trinajstić information content (AvgIpc) is 3.41. The number of anilines is 1. The summed E-state index contributed by atoms with van der Waals surface area (Å²) in [7, 11) is 0. The minimum atomic E-state index is -5.12. The van der Waals surface area contributed by atoms with E-state index in [-0.39, 0.29) is 25.2 Å². The molecule has 1 saturated heterocycles. The highest BCUT2D eigenvalue weighted by molar-refractivity contribution is 6.05. The molecule has 1 aliphatic heterocycles. The summed E-state index contributed by atoms with van der Waals surface area (Å²) >= 11 is 0. The van der Waals surface area contributed by atoms with Gasteiger partial charge in [0.25, 0.3) is 5.91 Å². The first-order valence-electron chi connectivity index (χ1n) is 11.1. The molecule has 10 nitrogen and oxygen atoms in total. The van der Waals surface area contributed by atoms with E-state index in [2.05, 4.69) is 20.1 Å². The molecule has 196 valence electrons. The number of alkyl halides is 3. The molecular formula is C23H22F4N6O4. The van der Waals surface area contributed by atoms with Crippen molar-refractivity contribution in [3.8, 4) is 5.75 Å². The Balaban J connectivity index is 1.55. The molecule has 3 amide bonds. The Kier molecular flexibility index (Phi) is 6.76. The summed E-state index contributed by atoms with van der Waals surface area (Å²) in [4.78, 5) is 43.6. The van der Waals surface area contributed by atoms with E-state index in [9.17, 15) is 31.9 Å². The molecule has 0 saturated carbocycles. The topological polar surface area (TPSA) is 132 Å². The number of benzene rings is 1.